The summed E-state index contributed by atoms with van der Waals surface area (Å²) >= 11 is 0. The highest BCUT2D eigenvalue weighted by Crippen LogP contribution is 2.29. The van der Waals surface area contributed by atoms with E-state index in [1.165, 1.54) is 7.11 Å². The Morgan fingerprint density at radius 2 is 2.22 bits per heavy atom. The summed E-state index contributed by atoms with van der Waals surface area (Å²) in [5.41, 5.74) is 0.815. The van der Waals surface area contributed by atoms with Crippen LogP contribution in [0, 0.1) is 5.92 Å². The molecule has 0 bridgehead atoms. The number of hydrogen-bond acceptors (Lipinski definition) is 4. The molecule has 3 N–H and O–H groups in total. The van der Waals surface area contributed by atoms with Crippen LogP contribution in [-0.4, -0.2) is 30.0 Å². The van der Waals surface area contributed by atoms with Crippen molar-refractivity contribution in [3.8, 4) is 11.5 Å². The molecular formula is C14H19NO3. The molecule has 1 aromatic carbocycles. The molecule has 98 valence electrons. The Morgan fingerprint density at radius 3 is 2.89 bits per heavy atom. The van der Waals surface area contributed by atoms with Gasteiger partial charge >= 0.3 is 0 Å². The zero-order valence-corrected chi connectivity index (χ0v) is 10.5. The number of ether oxygens (including phenoxy) is 1. The summed E-state index contributed by atoms with van der Waals surface area (Å²) in [6.07, 6.45) is 5.00. The van der Waals surface area contributed by atoms with Crippen LogP contribution in [0.5, 0.6) is 11.5 Å². The lowest BCUT2D eigenvalue weighted by Gasteiger charge is -2.14. The second-order valence-electron chi connectivity index (χ2n) is 4.52. The number of phenolic OH excluding ortho intramolecular Hbond substituents is 1. The number of benzene rings is 1. The quantitative estimate of drug-likeness (QED) is 0.691. The van der Waals surface area contributed by atoms with E-state index in [9.17, 15) is 5.11 Å². The summed E-state index contributed by atoms with van der Waals surface area (Å²) in [7, 11) is 1.54. The van der Waals surface area contributed by atoms with Crippen molar-refractivity contribution in [3.63, 3.8) is 0 Å². The van der Waals surface area contributed by atoms with Crippen molar-refractivity contribution >= 4 is 0 Å². The lowest BCUT2D eigenvalue weighted by molar-refractivity contribution is 0.246. The van der Waals surface area contributed by atoms with E-state index in [4.69, 9.17) is 9.84 Å². The Hall–Kier alpha value is -1.52. The molecule has 0 radical (unpaired) electrons. The molecule has 1 aliphatic rings. The number of phenols is 1. The summed E-state index contributed by atoms with van der Waals surface area (Å²) in [4.78, 5) is 0. The Bertz CT molecular complexity index is 431. The average Bonchev–Trinajstić information content (AvgIpc) is 2.85. The molecule has 0 aromatic heterocycles. The van der Waals surface area contributed by atoms with Gasteiger partial charge < -0.3 is 20.3 Å². The van der Waals surface area contributed by atoms with E-state index in [2.05, 4.69) is 11.4 Å². The number of para-hydroxylation sites is 1. The van der Waals surface area contributed by atoms with Crippen molar-refractivity contribution in [2.75, 3.05) is 13.7 Å². The number of aromatic hydroxyl groups is 1. The van der Waals surface area contributed by atoms with E-state index in [-0.39, 0.29) is 24.3 Å². The largest absolute Gasteiger partial charge is 0.504 e. The van der Waals surface area contributed by atoms with Crippen molar-refractivity contribution < 1.29 is 14.9 Å². The molecule has 0 aliphatic heterocycles. The van der Waals surface area contributed by atoms with Gasteiger partial charge in [0.05, 0.1) is 7.11 Å². The van der Waals surface area contributed by atoms with Gasteiger partial charge in [0.1, 0.15) is 0 Å². The number of nitrogens with one attached hydrogen (secondary N) is 1. The predicted molar refractivity (Wildman–Crippen MR) is 69.6 cm³/mol. The fourth-order valence-electron chi connectivity index (χ4n) is 2.18. The highest BCUT2D eigenvalue weighted by atomic mass is 16.5. The first-order chi connectivity index (χ1) is 8.74. The predicted octanol–water partition coefficient (Wildman–Crippen LogP) is 1.43. The van der Waals surface area contributed by atoms with Crippen molar-refractivity contribution in [3.05, 3.63) is 35.9 Å². The van der Waals surface area contributed by atoms with Crippen molar-refractivity contribution in [1.82, 2.24) is 5.32 Å². The maximum absolute atomic E-state index is 9.94. The molecule has 2 rings (SSSR count). The fraction of sp³-hybridized carbons (Fsp3) is 0.429. The monoisotopic (exact) mass is 249 g/mol. The minimum atomic E-state index is 0.188. The van der Waals surface area contributed by atoms with Gasteiger partial charge in [-0.25, -0.2) is 0 Å². The normalized spacial score (nSPS) is 22.3. The van der Waals surface area contributed by atoms with E-state index in [1.807, 2.05) is 18.2 Å². The topological polar surface area (TPSA) is 61.7 Å². The average molecular weight is 249 g/mol. The van der Waals surface area contributed by atoms with Crippen LogP contribution in [0.3, 0.4) is 0 Å². The van der Waals surface area contributed by atoms with Crippen molar-refractivity contribution in [2.45, 2.75) is 19.0 Å². The Balaban J connectivity index is 1.93. The van der Waals surface area contributed by atoms with Crippen LogP contribution >= 0.6 is 0 Å². The second kappa shape index (κ2) is 5.89. The van der Waals surface area contributed by atoms with E-state index in [0.29, 0.717) is 12.3 Å². The molecule has 4 nitrogen and oxygen atoms in total. The number of rotatable bonds is 5. The minimum Gasteiger partial charge on any atom is -0.504 e. The van der Waals surface area contributed by atoms with Crippen LogP contribution in [0.4, 0.5) is 0 Å². The Morgan fingerprint density at radius 1 is 1.39 bits per heavy atom. The van der Waals surface area contributed by atoms with Crippen LogP contribution < -0.4 is 10.1 Å². The molecule has 0 amide bonds. The standard InChI is InChI=1S/C14H19NO3/c1-18-13-4-2-3-11(14(13)17)8-15-12-6-5-10(7-12)9-16/h2-6,10,12,15-17H,7-9H2,1H3/t10-,12+/m0/s1. The molecule has 0 saturated heterocycles. The molecule has 2 atom stereocenters. The Labute approximate surface area is 107 Å². The molecule has 0 unspecified atom stereocenters. The zero-order chi connectivity index (χ0) is 13.0. The maximum atomic E-state index is 9.94. The third kappa shape index (κ3) is 2.83. The van der Waals surface area contributed by atoms with Gasteiger partial charge in [-0.05, 0) is 12.5 Å². The molecule has 1 aliphatic carbocycles. The molecule has 4 heteroatoms. The smallest absolute Gasteiger partial charge is 0.162 e. The number of aliphatic hydroxyl groups excluding tert-OH is 1. The molecular weight excluding hydrogens is 230 g/mol. The lowest BCUT2D eigenvalue weighted by atomic mass is 10.1. The van der Waals surface area contributed by atoms with Crippen LogP contribution in [0.1, 0.15) is 12.0 Å². The SMILES string of the molecule is COc1cccc(CN[C@@H]2C=C[C@H](CO)C2)c1O. The van der Waals surface area contributed by atoms with Gasteiger partial charge in [-0.3, -0.25) is 0 Å². The van der Waals surface area contributed by atoms with Crippen LogP contribution in [0.15, 0.2) is 30.4 Å². The van der Waals surface area contributed by atoms with Gasteiger partial charge in [-0.2, -0.15) is 0 Å². The number of methoxy groups -OCH3 is 1. The second-order valence-corrected chi connectivity index (χ2v) is 4.52. The van der Waals surface area contributed by atoms with Crippen LogP contribution in [0.25, 0.3) is 0 Å². The highest BCUT2D eigenvalue weighted by molar-refractivity contribution is 5.45. The van der Waals surface area contributed by atoms with Crippen molar-refractivity contribution in [1.29, 1.82) is 0 Å². The first-order valence-electron chi connectivity index (χ1n) is 6.12. The van der Waals surface area contributed by atoms with Gasteiger partial charge in [0.25, 0.3) is 0 Å². The summed E-state index contributed by atoms with van der Waals surface area (Å²) in [6.45, 7) is 0.773. The van der Waals surface area contributed by atoms with E-state index < -0.39 is 0 Å². The molecule has 0 saturated carbocycles. The van der Waals surface area contributed by atoms with E-state index >= 15 is 0 Å². The summed E-state index contributed by atoms with van der Waals surface area (Å²) in [6, 6.07) is 5.72. The van der Waals surface area contributed by atoms with E-state index in [1.54, 1.807) is 6.07 Å². The Kier molecular flexibility index (Phi) is 4.23. The van der Waals surface area contributed by atoms with Gasteiger partial charge in [0.2, 0.25) is 0 Å². The summed E-state index contributed by atoms with van der Waals surface area (Å²) < 4.78 is 5.07. The molecule has 0 heterocycles. The first-order valence-corrected chi connectivity index (χ1v) is 6.12. The van der Waals surface area contributed by atoms with E-state index in [0.717, 1.165) is 12.0 Å². The lowest BCUT2D eigenvalue weighted by Crippen LogP contribution is -2.26. The molecule has 18 heavy (non-hydrogen) atoms. The van der Waals surface area contributed by atoms with Gasteiger partial charge in [0, 0.05) is 30.7 Å². The zero-order valence-electron chi connectivity index (χ0n) is 10.5. The number of aliphatic hydroxyl groups is 1. The van der Waals surface area contributed by atoms with Gasteiger partial charge in [-0.1, -0.05) is 24.3 Å². The van der Waals surface area contributed by atoms with Gasteiger partial charge in [-0.15, -0.1) is 0 Å². The fourth-order valence-corrected chi connectivity index (χ4v) is 2.18. The first kappa shape index (κ1) is 12.9. The summed E-state index contributed by atoms with van der Waals surface area (Å²) in [5, 5.41) is 22.3. The van der Waals surface area contributed by atoms with Crippen LogP contribution in [-0.2, 0) is 6.54 Å². The van der Waals surface area contributed by atoms with Gasteiger partial charge in [0.15, 0.2) is 11.5 Å². The van der Waals surface area contributed by atoms with Crippen LogP contribution in [0.2, 0.25) is 0 Å². The maximum Gasteiger partial charge on any atom is 0.162 e. The third-order valence-electron chi connectivity index (χ3n) is 3.26. The highest BCUT2D eigenvalue weighted by Gasteiger charge is 2.18. The third-order valence-corrected chi connectivity index (χ3v) is 3.26. The molecule has 0 fully saturated rings. The summed E-state index contributed by atoms with van der Waals surface area (Å²) in [5.74, 6) is 0.930. The van der Waals surface area contributed by atoms with Crippen molar-refractivity contribution in [2.24, 2.45) is 5.92 Å². The molecule has 1 aromatic rings. The molecule has 0 spiro atoms. The number of hydrogen-bond donors (Lipinski definition) is 3. The minimum absolute atomic E-state index is 0.188.